The zero-order chi connectivity index (χ0) is 16.9. The molecule has 2 atom stereocenters. The summed E-state index contributed by atoms with van der Waals surface area (Å²) in [5.41, 5.74) is 0. The van der Waals surface area contributed by atoms with Crippen molar-refractivity contribution in [1.29, 1.82) is 0 Å². The Morgan fingerprint density at radius 3 is 3.04 bits per heavy atom. The van der Waals surface area contributed by atoms with Crippen molar-refractivity contribution in [2.75, 3.05) is 36.5 Å². The third kappa shape index (κ3) is 4.91. The second kappa shape index (κ2) is 8.27. The van der Waals surface area contributed by atoms with Crippen LogP contribution in [0, 0.1) is 5.92 Å². The van der Waals surface area contributed by atoms with Gasteiger partial charge in [-0.2, -0.15) is 4.98 Å². The molecule has 24 heavy (non-hydrogen) atoms. The smallest absolute Gasteiger partial charge is 0.232 e. The lowest BCUT2D eigenvalue weighted by Crippen LogP contribution is -2.36. The maximum Gasteiger partial charge on any atom is 0.232 e. The van der Waals surface area contributed by atoms with Crippen molar-refractivity contribution in [3.05, 3.63) is 11.2 Å². The molecule has 2 aliphatic heterocycles. The summed E-state index contributed by atoms with van der Waals surface area (Å²) >= 11 is 11.5. The van der Waals surface area contributed by atoms with Crippen LogP contribution in [0.3, 0.4) is 0 Å². The Morgan fingerprint density at radius 1 is 1.42 bits per heavy atom. The Hall–Kier alpha value is -1.18. The molecule has 2 aliphatic rings. The van der Waals surface area contributed by atoms with Gasteiger partial charge in [-0.3, -0.25) is 0 Å². The van der Waals surface area contributed by atoms with Crippen molar-refractivity contribution >= 4 is 40.7 Å². The molecule has 0 aliphatic carbocycles. The molecule has 2 fully saturated rings. The summed E-state index contributed by atoms with van der Waals surface area (Å²) < 4.78 is 5.57. The number of rotatable bonds is 4. The van der Waals surface area contributed by atoms with E-state index in [0.717, 1.165) is 38.4 Å². The monoisotopic (exact) mass is 369 g/mol. The van der Waals surface area contributed by atoms with E-state index in [4.69, 9.17) is 28.6 Å². The number of nitrogens with zero attached hydrogens (tertiary/aromatic N) is 3. The fourth-order valence-electron chi connectivity index (χ4n) is 3.18. The van der Waals surface area contributed by atoms with Crippen LogP contribution < -0.4 is 15.5 Å². The number of nitrogens with one attached hydrogen (secondary N) is 2. The normalized spacial score (nSPS) is 24.0. The second-order valence-corrected chi connectivity index (χ2v) is 7.33. The quantitative estimate of drug-likeness (QED) is 0.625. The SMILES string of the molecule is C[C@H]1CCCN(c2cc(Cl)nc(NC(=S)NC[C@@H]3CCCO3)n2)C1. The summed E-state index contributed by atoms with van der Waals surface area (Å²) in [5.74, 6) is 1.95. The number of thiocarbonyl (C=S) groups is 1. The zero-order valence-electron chi connectivity index (χ0n) is 13.9. The lowest BCUT2D eigenvalue weighted by Gasteiger charge is -2.32. The molecule has 2 saturated heterocycles. The fourth-order valence-corrected chi connectivity index (χ4v) is 3.53. The lowest BCUT2D eigenvalue weighted by molar-refractivity contribution is 0.114. The van der Waals surface area contributed by atoms with E-state index in [9.17, 15) is 0 Å². The molecule has 3 heterocycles. The fraction of sp³-hybridized carbons (Fsp3) is 0.688. The van der Waals surface area contributed by atoms with E-state index < -0.39 is 0 Å². The standard InChI is InChI=1S/C16H24ClN5OS/c1-11-4-2-6-22(10-11)14-8-13(17)19-15(20-14)21-16(24)18-9-12-5-3-7-23-12/h8,11-12H,2-7,9-10H2,1H3,(H2,18,19,20,21,24)/t11-,12-/m0/s1. The minimum atomic E-state index is 0.232. The van der Waals surface area contributed by atoms with Gasteiger partial charge in [0.25, 0.3) is 0 Å². The summed E-state index contributed by atoms with van der Waals surface area (Å²) in [5, 5.41) is 7.10. The highest BCUT2D eigenvalue weighted by atomic mass is 35.5. The van der Waals surface area contributed by atoms with Crippen molar-refractivity contribution in [1.82, 2.24) is 15.3 Å². The molecular weight excluding hydrogens is 346 g/mol. The largest absolute Gasteiger partial charge is 0.376 e. The van der Waals surface area contributed by atoms with E-state index >= 15 is 0 Å². The van der Waals surface area contributed by atoms with Crippen LogP contribution >= 0.6 is 23.8 Å². The van der Waals surface area contributed by atoms with Gasteiger partial charge < -0.3 is 20.3 Å². The minimum Gasteiger partial charge on any atom is -0.376 e. The summed E-state index contributed by atoms with van der Waals surface area (Å²) in [7, 11) is 0. The number of halogens is 1. The molecule has 0 radical (unpaired) electrons. The first-order chi connectivity index (χ1) is 11.6. The van der Waals surface area contributed by atoms with Crippen LogP contribution in [0.15, 0.2) is 6.07 Å². The Kier molecular flexibility index (Phi) is 6.08. The molecule has 6 nitrogen and oxygen atoms in total. The number of aromatic nitrogens is 2. The van der Waals surface area contributed by atoms with Gasteiger partial charge in [0, 0.05) is 32.3 Å². The van der Waals surface area contributed by atoms with E-state index in [1.54, 1.807) is 0 Å². The molecule has 0 unspecified atom stereocenters. The van der Waals surface area contributed by atoms with E-state index in [1.165, 1.54) is 12.8 Å². The summed E-state index contributed by atoms with van der Waals surface area (Å²) in [4.78, 5) is 11.1. The van der Waals surface area contributed by atoms with Crippen molar-refractivity contribution in [3.8, 4) is 0 Å². The molecule has 0 aromatic carbocycles. The molecule has 0 saturated carbocycles. The summed E-state index contributed by atoms with van der Waals surface area (Å²) in [6.45, 7) is 5.79. The Bertz CT molecular complexity index is 582. The van der Waals surface area contributed by atoms with Gasteiger partial charge in [0.05, 0.1) is 6.10 Å². The van der Waals surface area contributed by atoms with Gasteiger partial charge in [-0.1, -0.05) is 18.5 Å². The average Bonchev–Trinajstić information content (AvgIpc) is 3.06. The van der Waals surface area contributed by atoms with Gasteiger partial charge in [0.2, 0.25) is 5.95 Å². The van der Waals surface area contributed by atoms with Crippen LogP contribution in [0.4, 0.5) is 11.8 Å². The predicted molar refractivity (Wildman–Crippen MR) is 101 cm³/mol. The highest BCUT2D eigenvalue weighted by Crippen LogP contribution is 2.24. The van der Waals surface area contributed by atoms with E-state index in [-0.39, 0.29) is 6.10 Å². The van der Waals surface area contributed by atoms with Crippen LogP contribution in [0.2, 0.25) is 5.15 Å². The van der Waals surface area contributed by atoms with Gasteiger partial charge in [0.1, 0.15) is 11.0 Å². The number of anilines is 2. The van der Waals surface area contributed by atoms with Crippen molar-refractivity contribution in [2.24, 2.45) is 5.92 Å². The molecule has 132 valence electrons. The van der Waals surface area contributed by atoms with Gasteiger partial charge in [-0.15, -0.1) is 0 Å². The molecule has 2 N–H and O–H groups in total. The molecule has 1 aromatic heterocycles. The molecule has 0 amide bonds. The van der Waals surface area contributed by atoms with Crippen LogP contribution in [0.25, 0.3) is 0 Å². The highest BCUT2D eigenvalue weighted by Gasteiger charge is 2.19. The third-order valence-corrected chi connectivity index (χ3v) is 4.84. The van der Waals surface area contributed by atoms with Crippen LogP contribution in [0.5, 0.6) is 0 Å². The van der Waals surface area contributed by atoms with Crippen molar-refractivity contribution in [3.63, 3.8) is 0 Å². The number of ether oxygens (including phenoxy) is 1. The van der Waals surface area contributed by atoms with Crippen LogP contribution in [-0.2, 0) is 4.74 Å². The average molecular weight is 370 g/mol. The number of piperidine rings is 1. The van der Waals surface area contributed by atoms with Crippen LogP contribution in [-0.4, -0.2) is 47.4 Å². The number of hydrogen-bond donors (Lipinski definition) is 2. The van der Waals surface area contributed by atoms with Gasteiger partial charge in [0.15, 0.2) is 5.11 Å². The van der Waals surface area contributed by atoms with E-state index in [1.807, 2.05) is 6.07 Å². The molecule has 3 rings (SSSR count). The minimum absolute atomic E-state index is 0.232. The first-order valence-electron chi connectivity index (χ1n) is 8.56. The maximum absolute atomic E-state index is 6.17. The van der Waals surface area contributed by atoms with E-state index in [2.05, 4.69) is 32.4 Å². The highest BCUT2D eigenvalue weighted by molar-refractivity contribution is 7.80. The van der Waals surface area contributed by atoms with Gasteiger partial charge in [-0.25, -0.2) is 4.98 Å². The second-order valence-electron chi connectivity index (χ2n) is 6.54. The molecular formula is C16H24ClN5OS. The first kappa shape index (κ1) is 17.6. The zero-order valence-corrected chi connectivity index (χ0v) is 15.5. The lowest BCUT2D eigenvalue weighted by atomic mass is 10.0. The van der Waals surface area contributed by atoms with E-state index in [0.29, 0.717) is 28.7 Å². The first-order valence-corrected chi connectivity index (χ1v) is 9.35. The molecule has 0 bridgehead atoms. The van der Waals surface area contributed by atoms with Crippen molar-refractivity contribution < 1.29 is 4.74 Å². The Labute approximate surface area is 153 Å². The maximum atomic E-state index is 6.17. The summed E-state index contributed by atoms with van der Waals surface area (Å²) in [6.07, 6.45) is 4.85. The third-order valence-electron chi connectivity index (χ3n) is 4.40. The molecule has 0 spiro atoms. The molecule has 8 heteroatoms. The predicted octanol–water partition coefficient (Wildman–Crippen LogP) is 2.83. The van der Waals surface area contributed by atoms with Crippen LogP contribution in [0.1, 0.15) is 32.6 Å². The van der Waals surface area contributed by atoms with Crippen molar-refractivity contribution in [2.45, 2.75) is 38.7 Å². The van der Waals surface area contributed by atoms with Gasteiger partial charge >= 0.3 is 0 Å². The number of hydrogen-bond acceptors (Lipinski definition) is 5. The Balaban J connectivity index is 1.59. The topological polar surface area (TPSA) is 62.3 Å². The summed E-state index contributed by atoms with van der Waals surface area (Å²) in [6, 6.07) is 1.81. The Morgan fingerprint density at radius 2 is 2.29 bits per heavy atom. The van der Waals surface area contributed by atoms with Gasteiger partial charge in [-0.05, 0) is 43.8 Å². The molecule has 1 aromatic rings.